The van der Waals surface area contributed by atoms with Crippen molar-refractivity contribution in [2.75, 3.05) is 0 Å². The van der Waals surface area contributed by atoms with Crippen molar-refractivity contribution >= 4 is 0 Å². The van der Waals surface area contributed by atoms with Crippen molar-refractivity contribution in [3.8, 4) is 23.0 Å². The van der Waals surface area contributed by atoms with Crippen LogP contribution in [0.3, 0.4) is 0 Å². The number of rotatable bonds is 6. The summed E-state index contributed by atoms with van der Waals surface area (Å²) >= 11 is 0. The molecular weight excluding hydrogens is 484 g/mol. The van der Waals surface area contributed by atoms with Crippen molar-refractivity contribution in [2.24, 2.45) is 0 Å². The molecule has 4 N–H and O–H groups in total. The number of benzene rings is 4. The van der Waals surface area contributed by atoms with E-state index < -0.39 is 0 Å². The predicted octanol–water partition coefficient (Wildman–Crippen LogP) is 7.75. The van der Waals surface area contributed by atoms with Crippen LogP contribution in [0.25, 0.3) is 0 Å². The van der Waals surface area contributed by atoms with E-state index in [1.165, 1.54) is 0 Å². The lowest BCUT2D eigenvalue weighted by molar-refractivity contribution is 0.463. The van der Waals surface area contributed by atoms with Crippen LogP contribution in [0.15, 0.2) is 36.4 Å². The monoisotopic (exact) mass is 524 g/mol. The van der Waals surface area contributed by atoms with Gasteiger partial charge in [0.2, 0.25) is 0 Å². The van der Waals surface area contributed by atoms with Gasteiger partial charge in [0.25, 0.3) is 0 Å². The third kappa shape index (κ3) is 5.47. The number of phenols is 4. The highest BCUT2D eigenvalue weighted by molar-refractivity contribution is 5.56. The van der Waals surface area contributed by atoms with Gasteiger partial charge in [0, 0.05) is 24.0 Å². The van der Waals surface area contributed by atoms with Crippen molar-refractivity contribution in [1.82, 2.24) is 0 Å². The second-order valence-electron chi connectivity index (χ2n) is 11.3. The summed E-state index contributed by atoms with van der Waals surface area (Å²) in [6.07, 6.45) is 1.83. The summed E-state index contributed by atoms with van der Waals surface area (Å²) < 4.78 is 0. The summed E-state index contributed by atoms with van der Waals surface area (Å²) in [7, 11) is 0. The molecule has 204 valence electrons. The zero-order valence-corrected chi connectivity index (χ0v) is 24.4. The van der Waals surface area contributed by atoms with E-state index in [4.69, 9.17) is 0 Å². The first-order valence-electron chi connectivity index (χ1n) is 13.5. The Kier molecular flexibility index (Phi) is 7.70. The fourth-order valence-electron chi connectivity index (χ4n) is 5.80. The summed E-state index contributed by atoms with van der Waals surface area (Å²) in [6.45, 7) is 15.6. The lowest BCUT2D eigenvalue weighted by atomic mass is 9.86. The molecule has 0 atom stereocenters. The average molecular weight is 525 g/mol. The molecule has 0 radical (unpaired) electrons. The SMILES string of the molecule is Cc1cc(Cc2c(C)c(Cc3cc(C)c(O)c(Cc4cc(C)c(O)c(C)c4)c3C)cc(C)c2O)cc(C)c1O. The van der Waals surface area contributed by atoms with E-state index in [9.17, 15) is 20.4 Å². The van der Waals surface area contributed by atoms with Gasteiger partial charge < -0.3 is 20.4 Å². The van der Waals surface area contributed by atoms with Crippen LogP contribution < -0.4 is 0 Å². The van der Waals surface area contributed by atoms with Crippen molar-refractivity contribution < 1.29 is 20.4 Å². The molecule has 0 amide bonds. The van der Waals surface area contributed by atoms with Gasteiger partial charge in [-0.3, -0.25) is 0 Å². The Labute approximate surface area is 232 Å². The van der Waals surface area contributed by atoms with Crippen LogP contribution in [-0.2, 0) is 19.3 Å². The first-order valence-corrected chi connectivity index (χ1v) is 13.5. The van der Waals surface area contributed by atoms with Gasteiger partial charge in [-0.05, 0) is 129 Å². The molecule has 4 rings (SSSR count). The topological polar surface area (TPSA) is 80.9 Å². The van der Waals surface area contributed by atoms with E-state index in [0.717, 1.165) is 77.9 Å². The molecule has 4 heteroatoms. The Morgan fingerprint density at radius 3 is 0.974 bits per heavy atom. The van der Waals surface area contributed by atoms with Crippen LogP contribution in [0.1, 0.15) is 77.9 Å². The molecule has 4 nitrogen and oxygen atoms in total. The Hall–Kier alpha value is -3.92. The zero-order chi connectivity index (χ0) is 28.8. The second kappa shape index (κ2) is 10.7. The van der Waals surface area contributed by atoms with Crippen LogP contribution in [-0.4, -0.2) is 20.4 Å². The van der Waals surface area contributed by atoms with E-state index >= 15 is 0 Å². The number of phenolic OH excluding ortho intramolecular Hbond substituents is 4. The van der Waals surface area contributed by atoms with E-state index in [1.54, 1.807) is 0 Å². The molecule has 4 aromatic carbocycles. The third-order valence-corrected chi connectivity index (χ3v) is 8.21. The average Bonchev–Trinajstić information content (AvgIpc) is 2.87. The van der Waals surface area contributed by atoms with Gasteiger partial charge in [-0.1, -0.05) is 36.4 Å². The minimum Gasteiger partial charge on any atom is -0.507 e. The molecule has 0 spiro atoms. The number of aromatic hydroxyl groups is 4. The molecule has 0 aliphatic carbocycles. The number of aryl methyl sites for hydroxylation is 6. The maximum Gasteiger partial charge on any atom is 0.122 e. The lowest BCUT2D eigenvalue weighted by Gasteiger charge is -2.20. The van der Waals surface area contributed by atoms with Gasteiger partial charge in [-0.15, -0.1) is 0 Å². The smallest absolute Gasteiger partial charge is 0.122 e. The van der Waals surface area contributed by atoms with Gasteiger partial charge in [-0.25, -0.2) is 0 Å². The summed E-state index contributed by atoms with van der Waals surface area (Å²) in [5.74, 6) is 1.27. The van der Waals surface area contributed by atoms with Crippen molar-refractivity contribution in [2.45, 2.75) is 74.7 Å². The summed E-state index contributed by atoms with van der Waals surface area (Å²) in [6, 6.07) is 12.1. The van der Waals surface area contributed by atoms with Crippen molar-refractivity contribution in [3.63, 3.8) is 0 Å². The highest BCUT2D eigenvalue weighted by atomic mass is 16.3. The molecule has 0 bridgehead atoms. The normalized spacial score (nSPS) is 11.3. The molecule has 0 aliphatic heterocycles. The Morgan fingerprint density at radius 2 is 0.667 bits per heavy atom. The molecule has 0 aliphatic rings. The standard InChI is InChI=1S/C35H40O4/c1-18-9-26(10-19(2)32(18)36)15-30-24(7)28(13-22(5)34(30)38)17-29-14-23(6)35(39)31(25(29)8)16-27-11-20(3)33(37)21(4)12-27/h9-14,36-39H,15-17H2,1-8H3. The molecular formula is C35H40O4. The van der Waals surface area contributed by atoms with Gasteiger partial charge in [0.05, 0.1) is 0 Å². The Bertz CT molecular complexity index is 1430. The molecule has 0 aromatic heterocycles. The van der Waals surface area contributed by atoms with E-state index in [2.05, 4.69) is 26.0 Å². The van der Waals surface area contributed by atoms with Gasteiger partial charge in [-0.2, -0.15) is 0 Å². The first-order chi connectivity index (χ1) is 18.3. The third-order valence-electron chi connectivity index (χ3n) is 8.21. The molecule has 0 saturated heterocycles. The minimum absolute atomic E-state index is 0.316. The van der Waals surface area contributed by atoms with Crippen LogP contribution in [0.2, 0.25) is 0 Å². The van der Waals surface area contributed by atoms with Crippen LogP contribution in [0.5, 0.6) is 23.0 Å². The second-order valence-corrected chi connectivity index (χ2v) is 11.3. The molecule has 4 aromatic rings. The first kappa shape index (κ1) is 28.1. The summed E-state index contributed by atoms with van der Waals surface area (Å²) in [4.78, 5) is 0. The summed E-state index contributed by atoms with van der Waals surface area (Å²) in [5, 5.41) is 42.5. The fraction of sp³-hybridized carbons (Fsp3) is 0.314. The molecule has 0 heterocycles. The van der Waals surface area contributed by atoms with E-state index in [0.29, 0.717) is 42.3 Å². The zero-order valence-electron chi connectivity index (χ0n) is 24.4. The maximum absolute atomic E-state index is 11.0. The van der Waals surface area contributed by atoms with Crippen LogP contribution in [0, 0.1) is 55.4 Å². The number of hydrogen-bond acceptors (Lipinski definition) is 4. The van der Waals surface area contributed by atoms with Gasteiger partial charge in [0.15, 0.2) is 0 Å². The van der Waals surface area contributed by atoms with Crippen LogP contribution >= 0.6 is 0 Å². The molecule has 0 saturated carbocycles. The van der Waals surface area contributed by atoms with E-state index in [1.807, 2.05) is 65.8 Å². The van der Waals surface area contributed by atoms with Gasteiger partial charge >= 0.3 is 0 Å². The van der Waals surface area contributed by atoms with E-state index in [-0.39, 0.29) is 0 Å². The number of hydrogen-bond donors (Lipinski definition) is 4. The summed E-state index contributed by atoms with van der Waals surface area (Å²) in [5.41, 5.74) is 13.3. The van der Waals surface area contributed by atoms with Crippen molar-refractivity contribution in [1.29, 1.82) is 0 Å². The van der Waals surface area contributed by atoms with Crippen molar-refractivity contribution in [3.05, 3.63) is 114 Å². The van der Waals surface area contributed by atoms with Crippen LogP contribution in [0.4, 0.5) is 0 Å². The Balaban J connectivity index is 1.74. The largest absolute Gasteiger partial charge is 0.507 e. The lowest BCUT2D eigenvalue weighted by Crippen LogP contribution is -2.05. The predicted molar refractivity (Wildman–Crippen MR) is 159 cm³/mol. The molecule has 39 heavy (non-hydrogen) atoms. The molecule has 0 unspecified atom stereocenters. The fourth-order valence-corrected chi connectivity index (χ4v) is 5.80. The highest BCUT2D eigenvalue weighted by Gasteiger charge is 2.19. The van der Waals surface area contributed by atoms with Gasteiger partial charge in [0.1, 0.15) is 23.0 Å². The Morgan fingerprint density at radius 1 is 0.385 bits per heavy atom. The maximum atomic E-state index is 11.0. The molecule has 0 fully saturated rings. The highest BCUT2D eigenvalue weighted by Crippen LogP contribution is 2.36. The minimum atomic E-state index is 0.316. The quantitative estimate of drug-likeness (QED) is 0.208.